The maximum absolute atomic E-state index is 5.32. The summed E-state index contributed by atoms with van der Waals surface area (Å²) in [6.07, 6.45) is 2.48. The Kier molecular flexibility index (Phi) is 5.56. The minimum Gasteiger partial charge on any atom is -0.381 e. The summed E-state index contributed by atoms with van der Waals surface area (Å²) in [4.78, 5) is 0. The Morgan fingerprint density at radius 2 is 1.50 bits per heavy atom. The van der Waals surface area contributed by atoms with Crippen LogP contribution in [0, 0.1) is 11.3 Å². The van der Waals surface area contributed by atoms with Crippen LogP contribution in [0.25, 0.3) is 0 Å². The molecule has 0 aromatic rings. The topological polar surface area (TPSA) is 9.23 Å². The molecule has 0 N–H and O–H groups in total. The second-order valence-electron chi connectivity index (χ2n) is 3.92. The van der Waals surface area contributed by atoms with Gasteiger partial charge in [0, 0.05) is 13.2 Å². The Bertz CT molecular complexity index is 102. The van der Waals surface area contributed by atoms with Crippen LogP contribution in [-0.2, 0) is 4.74 Å². The molecule has 1 rings (SSSR count). The monoisotopic (exact) mass is 172 g/mol. The zero-order valence-corrected chi connectivity index (χ0v) is 9.31. The van der Waals surface area contributed by atoms with Gasteiger partial charge in [0.05, 0.1) is 0 Å². The lowest BCUT2D eigenvalue weighted by atomic mass is 9.73. The van der Waals surface area contributed by atoms with Gasteiger partial charge < -0.3 is 4.74 Å². The first-order valence-electron chi connectivity index (χ1n) is 5.23. The molecule has 0 atom stereocenters. The van der Waals surface area contributed by atoms with Gasteiger partial charge in [0.2, 0.25) is 0 Å². The highest BCUT2D eigenvalue weighted by Gasteiger charge is 2.30. The maximum atomic E-state index is 5.32. The van der Waals surface area contributed by atoms with Crippen LogP contribution in [0.1, 0.15) is 47.5 Å². The van der Waals surface area contributed by atoms with Gasteiger partial charge >= 0.3 is 0 Å². The van der Waals surface area contributed by atoms with E-state index in [4.69, 9.17) is 4.74 Å². The molecule has 1 fully saturated rings. The van der Waals surface area contributed by atoms with E-state index in [1.165, 1.54) is 12.8 Å². The molecule has 74 valence electrons. The largest absolute Gasteiger partial charge is 0.381 e. The van der Waals surface area contributed by atoms with Gasteiger partial charge in [-0.25, -0.2) is 0 Å². The Morgan fingerprint density at radius 3 is 1.75 bits per heavy atom. The van der Waals surface area contributed by atoms with E-state index in [1.807, 2.05) is 13.8 Å². The lowest BCUT2D eigenvalue weighted by Crippen LogP contribution is -2.31. The molecular weight excluding hydrogens is 148 g/mol. The highest BCUT2D eigenvalue weighted by molar-refractivity contribution is 4.79. The average molecular weight is 172 g/mol. The zero-order chi connectivity index (χ0) is 9.61. The summed E-state index contributed by atoms with van der Waals surface area (Å²) in [7, 11) is 0. The van der Waals surface area contributed by atoms with Crippen molar-refractivity contribution in [3.05, 3.63) is 0 Å². The molecule has 0 aromatic carbocycles. The lowest BCUT2D eigenvalue weighted by molar-refractivity contribution is 0.000602. The third-order valence-electron chi connectivity index (χ3n) is 3.03. The van der Waals surface area contributed by atoms with Crippen LogP contribution in [-0.4, -0.2) is 13.2 Å². The smallest absolute Gasteiger partial charge is 0.0471 e. The lowest BCUT2D eigenvalue weighted by Gasteiger charge is -2.37. The van der Waals surface area contributed by atoms with E-state index < -0.39 is 0 Å². The molecule has 0 unspecified atom stereocenters. The van der Waals surface area contributed by atoms with Gasteiger partial charge in [-0.3, -0.25) is 0 Å². The molecule has 1 heterocycles. The van der Waals surface area contributed by atoms with Crippen LogP contribution < -0.4 is 0 Å². The molecule has 0 aromatic heterocycles. The maximum Gasteiger partial charge on any atom is 0.0471 e. The summed E-state index contributed by atoms with van der Waals surface area (Å²) >= 11 is 0. The summed E-state index contributed by atoms with van der Waals surface area (Å²) in [5, 5.41) is 0. The third kappa shape index (κ3) is 3.14. The van der Waals surface area contributed by atoms with Gasteiger partial charge in [0.25, 0.3) is 0 Å². The van der Waals surface area contributed by atoms with E-state index in [-0.39, 0.29) is 0 Å². The Labute approximate surface area is 77.5 Å². The quantitative estimate of drug-likeness (QED) is 0.588. The fourth-order valence-corrected chi connectivity index (χ4v) is 1.42. The summed E-state index contributed by atoms with van der Waals surface area (Å²) in [5.74, 6) is 0.802. The Hall–Kier alpha value is -0.0400. The van der Waals surface area contributed by atoms with Gasteiger partial charge in [0.15, 0.2) is 0 Å². The molecule has 0 radical (unpaired) electrons. The van der Waals surface area contributed by atoms with Crippen molar-refractivity contribution in [3.8, 4) is 0 Å². The molecular formula is C11H24O. The first kappa shape index (κ1) is 12.0. The molecule has 12 heavy (non-hydrogen) atoms. The van der Waals surface area contributed by atoms with E-state index in [0.29, 0.717) is 5.41 Å². The van der Waals surface area contributed by atoms with Crippen molar-refractivity contribution >= 4 is 0 Å². The van der Waals surface area contributed by atoms with Crippen molar-refractivity contribution in [1.29, 1.82) is 0 Å². The molecule has 1 heteroatoms. The number of rotatable bonds is 1. The average Bonchev–Trinajstić information content (AvgIpc) is 2.09. The van der Waals surface area contributed by atoms with Crippen molar-refractivity contribution in [1.82, 2.24) is 0 Å². The van der Waals surface area contributed by atoms with Crippen molar-refractivity contribution in [2.24, 2.45) is 11.3 Å². The fourth-order valence-electron chi connectivity index (χ4n) is 1.42. The van der Waals surface area contributed by atoms with Gasteiger partial charge in [-0.15, -0.1) is 0 Å². The van der Waals surface area contributed by atoms with Crippen LogP contribution in [0.5, 0.6) is 0 Å². The van der Waals surface area contributed by atoms with Crippen molar-refractivity contribution in [2.45, 2.75) is 47.5 Å². The van der Waals surface area contributed by atoms with Gasteiger partial charge in [-0.05, 0) is 24.2 Å². The molecule has 0 aliphatic carbocycles. The van der Waals surface area contributed by atoms with E-state index in [9.17, 15) is 0 Å². The molecule has 0 amide bonds. The molecule has 1 saturated heterocycles. The van der Waals surface area contributed by atoms with Gasteiger partial charge in [-0.1, -0.05) is 34.6 Å². The minimum atomic E-state index is 0.554. The summed E-state index contributed by atoms with van der Waals surface area (Å²) in [6, 6.07) is 0. The van der Waals surface area contributed by atoms with E-state index in [1.54, 1.807) is 0 Å². The molecule has 1 aliphatic heterocycles. The van der Waals surface area contributed by atoms with E-state index in [0.717, 1.165) is 19.1 Å². The normalized spacial score (nSPS) is 21.5. The van der Waals surface area contributed by atoms with Crippen molar-refractivity contribution in [3.63, 3.8) is 0 Å². The van der Waals surface area contributed by atoms with Crippen LogP contribution in [0.3, 0.4) is 0 Å². The highest BCUT2D eigenvalue weighted by atomic mass is 16.5. The number of ether oxygens (including phenoxy) is 1. The molecule has 1 aliphatic rings. The minimum absolute atomic E-state index is 0.554. The van der Waals surface area contributed by atoms with Crippen molar-refractivity contribution < 1.29 is 4.74 Å². The second kappa shape index (κ2) is 5.58. The molecule has 1 nitrogen and oxygen atoms in total. The second-order valence-corrected chi connectivity index (χ2v) is 3.92. The zero-order valence-electron chi connectivity index (χ0n) is 9.31. The summed E-state index contributed by atoms with van der Waals surface area (Å²) < 4.78 is 5.32. The van der Waals surface area contributed by atoms with Crippen LogP contribution in [0.2, 0.25) is 0 Å². The molecule has 0 saturated carbocycles. The highest BCUT2D eigenvalue weighted by Crippen LogP contribution is 2.36. The standard InChI is InChI=1S/C9H18O.C2H6/c1-8(2)9(3)4-6-10-7-5-9;1-2/h8H,4-7H2,1-3H3;1-2H3. The van der Waals surface area contributed by atoms with Crippen LogP contribution in [0.4, 0.5) is 0 Å². The van der Waals surface area contributed by atoms with E-state index in [2.05, 4.69) is 20.8 Å². The van der Waals surface area contributed by atoms with Crippen LogP contribution in [0.15, 0.2) is 0 Å². The molecule has 0 bridgehead atoms. The fraction of sp³-hybridized carbons (Fsp3) is 1.00. The first-order valence-corrected chi connectivity index (χ1v) is 5.23. The third-order valence-corrected chi connectivity index (χ3v) is 3.03. The molecule has 0 spiro atoms. The van der Waals surface area contributed by atoms with Gasteiger partial charge in [-0.2, -0.15) is 0 Å². The summed E-state index contributed by atoms with van der Waals surface area (Å²) in [6.45, 7) is 12.9. The number of hydrogen-bond acceptors (Lipinski definition) is 1. The van der Waals surface area contributed by atoms with Crippen LogP contribution >= 0.6 is 0 Å². The SMILES string of the molecule is CC.CC(C)C1(C)CCOCC1. The predicted octanol–water partition coefficient (Wildman–Crippen LogP) is 3.49. The first-order chi connectivity index (χ1) is 5.65. The van der Waals surface area contributed by atoms with Crippen molar-refractivity contribution in [2.75, 3.05) is 13.2 Å². The number of hydrogen-bond donors (Lipinski definition) is 0. The Balaban J connectivity index is 0.000000561. The predicted molar refractivity (Wildman–Crippen MR) is 54.3 cm³/mol. The summed E-state index contributed by atoms with van der Waals surface area (Å²) in [5.41, 5.74) is 0.554. The van der Waals surface area contributed by atoms with Gasteiger partial charge in [0.1, 0.15) is 0 Å². The Morgan fingerprint density at radius 1 is 1.08 bits per heavy atom. The van der Waals surface area contributed by atoms with E-state index >= 15 is 0 Å².